The lowest BCUT2D eigenvalue weighted by Crippen LogP contribution is -2.26. The molecule has 1 nitrogen and oxygen atoms in total. The lowest BCUT2D eigenvalue weighted by atomic mass is 9.78. The van der Waals surface area contributed by atoms with Crippen molar-refractivity contribution >= 4 is 0 Å². The van der Waals surface area contributed by atoms with Gasteiger partial charge in [0.05, 0.1) is 6.10 Å². The summed E-state index contributed by atoms with van der Waals surface area (Å²) in [6.45, 7) is 0. The van der Waals surface area contributed by atoms with Gasteiger partial charge in [-0.1, -0.05) is 24.5 Å². The Bertz CT molecular complexity index is 195. The van der Waals surface area contributed by atoms with Gasteiger partial charge in [-0.15, -0.1) is 0 Å². The Morgan fingerprint density at radius 2 is 1.92 bits per heavy atom. The van der Waals surface area contributed by atoms with Crippen molar-refractivity contribution < 1.29 is 5.11 Å². The standard InChI is InChI=1S/C12H20O/c13-12-9-5-4-8-11(12)10-6-2-1-3-7-10/h6,11-13H,1-5,7-9H2. The van der Waals surface area contributed by atoms with E-state index in [1.54, 1.807) is 5.57 Å². The second-order valence-electron chi connectivity index (χ2n) is 4.48. The molecular weight excluding hydrogens is 160 g/mol. The van der Waals surface area contributed by atoms with Crippen LogP contribution in [0.1, 0.15) is 51.4 Å². The van der Waals surface area contributed by atoms with Gasteiger partial charge in [0.2, 0.25) is 0 Å². The Morgan fingerprint density at radius 3 is 2.62 bits per heavy atom. The minimum atomic E-state index is -0.0295. The average molecular weight is 180 g/mol. The van der Waals surface area contributed by atoms with Crippen molar-refractivity contribution in [1.82, 2.24) is 0 Å². The molecule has 2 unspecified atom stereocenters. The summed E-state index contributed by atoms with van der Waals surface area (Å²) in [5, 5.41) is 9.88. The van der Waals surface area contributed by atoms with Crippen molar-refractivity contribution in [2.24, 2.45) is 5.92 Å². The van der Waals surface area contributed by atoms with Crippen molar-refractivity contribution in [3.63, 3.8) is 0 Å². The molecule has 0 heterocycles. The van der Waals surface area contributed by atoms with Gasteiger partial charge in [-0.05, 0) is 38.5 Å². The van der Waals surface area contributed by atoms with E-state index in [2.05, 4.69) is 6.08 Å². The third kappa shape index (κ3) is 2.14. The number of allylic oxidation sites excluding steroid dienone is 1. The highest BCUT2D eigenvalue weighted by Gasteiger charge is 2.26. The molecule has 0 radical (unpaired) electrons. The molecule has 2 rings (SSSR count). The van der Waals surface area contributed by atoms with Crippen molar-refractivity contribution in [1.29, 1.82) is 0 Å². The second-order valence-corrected chi connectivity index (χ2v) is 4.48. The molecule has 1 heteroatoms. The number of hydrogen-bond donors (Lipinski definition) is 1. The van der Waals surface area contributed by atoms with Crippen molar-refractivity contribution in [3.8, 4) is 0 Å². The molecule has 0 aliphatic heterocycles. The highest BCUT2D eigenvalue weighted by molar-refractivity contribution is 5.11. The monoisotopic (exact) mass is 180 g/mol. The minimum Gasteiger partial charge on any atom is -0.393 e. The minimum absolute atomic E-state index is 0.0295. The SMILES string of the molecule is OC1CCCCC1C1=CCCCC1. The van der Waals surface area contributed by atoms with Gasteiger partial charge in [0.1, 0.15) is 0 Å². The van der Waals surface area contributed by atoms with E-state index in [-0.39, 0.29) is 6.10 Å². The Labute approximate surface area is 80.8 Å². The number of aliphatic hydroxyl groups excluding tert-OH is 1. The second kappa shape index (κ2) is 4.28. The van der Waals surface area contributed by atoms with Gasteiger partial charge < -0.3 is 5.11 Å². The van der Waals surface area contributed by atoms with Crippen LogP contribution < -0.4 is 0 Å². The summed E-state index contributed by atoms with van der Waals surface area (Å²) in [7, 11) is 0. The molecular formula is C12H20O. The first kappa shape index (κ1) is 9.26. The highest BCUT2D eigenvalue weighted by Crippen LogP contribution is 2.34. The molecule has 0 aromatic heterocycles. The van der Waals surface area contributed by atoms with E-state index in [1.165, 1.54) is 44.9 Å². The van der Waals surface area contributed by atoms with E-state index >= 15 is 0 Å². The van der Waals surface area contributed by atoms with Gasteiger partial charge in [0.25, 0.3) is 0 Å². The van der Waals surface area contributed by atoms with Gasteiger partial charge in [0, 0.05) is 5.92 Å². The lowest BCUT2D eigenvalue weighted by Gasteiger charge is -2.31. The van der Waals surface area contributed by atoms with Crippen LogP contribution in [-0.2, 0) is 0 Å². The van der Waals surface area contributed by atoms with E-state index in [1.807, 2.05) is 0 Å². The van der Waals surface area contributed by atoms with Crippen molar-refractivity contribution in [2.75, 3.05) is 0 Å². The van der Waals surface area contributed by atoms with E-state index in [9.17, 15) is 5.11 Å². The first-order valence-corrected chi connectivity index (χ1v) is 5.75. The van der Waals surface area contributed by atoms with E-state index in [4.69, 9.17) is 0 Å². The lowest BCUT2D eigenvalue weighted by molar-refractivity contribution is 0.0849. The number of rotatable bonds is 1. The van der Waals surface area contributed by atoms with Crippen LogP contribution in [0.3, 0.4) is 0 Å². The summed E-state index contributed by atoms with van der Waals surface area (Å²) in [5.41, 5.74) is 1.57. The fourth-order valence-electron chi connectivity index (χ4n) is 2.74. The highest BCUT2D eigenvalue weighted by atomic mass is 16.3. The Kier molecular flexibility index (Phi) is 3.05. The molecule has 0 saturated heterocycles. The van der Waals surface area contributed by atoms with E-state index in [0.717, 1.165) is 6.42 Å². The van der Waals surface area contributed by atoms with Crippen LogP contribution in [0.15, 0.2) is 11.6 Å². The number of hydrogen-bond acceptors (Lipinski definition) is 1. The first-order valence-electron chi connectivity index (χ1n) is 5.75. The zero-order valence-electron chi connectivity index (χ0n) is 8.34. The van der Waals surface area contributed by atoms with Crippen LogP contribution in [-0.4, -0.2) is 11.2 Å². The molecule has 0 aromatic carbocycles. The van der Waals surface area contributed by atoms with Crippen LogP contribution in [0.4, 0.5) is 0 Å². The predicted molar refractivity (Wildman–Crippen MR) is 54.5 cm³/mol. The molecule has 13 heavy (non-hydrogen) atoms. The predicted octanol–water partition coefficient (Wildman–Crippen LogP) is 3.04. The van der Waals surface area contributed by atoms with Crippen molar-refractivity contribution in [2.45, 2.75) is 57.5 Å². The maximum absolute atomic E-state index is 9.88. The molecule has 0 bridgehead atoms. The largest absolute Gasteiger partial charge is 0.393 e. The Morgan fingerprint density at radius 1 is 1.08 bits per heavy atom. The first-order chi connectivity index (χ1) is 6.38. The molecule has 1 fully saturated rings. The van der Waals surface area contributed by atoms with Gasteiger partial charge in [-0.25, -0.2) is 0 Å². The summed E-state index contributed by atoms with van der Waals surface area (Å²) in [5.74, 6) is 0.522. The topological polar surface area (TPSA) is 20.2 Å². The Hall–Kier alpha value is -0.300. The maximum atomic E-state index is 9.88. The fraction of sp³-hybridized carbons (Fsp3) is 0.833. The molecule has 0 spiro atoms. The summed E-state index contributed by atoms with van der Waals surface area (Å²) in [6, 6.07) is 0. The molecule has 1 saturated carbocycles. The third-order valence-electron chi connectivity index (χ3n) is 3.53. The molecule has 2 aliphatic carbocycles. The van der Waals surface area contributed by atoms with Gasteiger partial charge >= 0.3 is 0 Å². The Balaban J connectivity index is 2.00. The van der Waals surface area contributed by atoms with Crippen LogP contribution in [0.5, 0.6) is 0 Å². The van der Waals surface area contributed by atoms with E-state index < -0.39 is 0 Å². The van der Waals surface area contributed by atoms with Gasteiger partial charge in [0.15, 0.2) is 0 Å². The number of aliphatic hydroxyl groups is 1. The van der Waals surface area contributed by atoms with Crippen LogP contribution in [0.2, 0.25) is 0 Å². The third-order valence-corrected chi connectivity index (χ3v) is 3.53. The summed E-state index contributed by atoms with van der Waals surface area (Å²) < 4.78 is 0. The molecule has 1 N–H and O–H groups in total. The van der Waals surface area contributed by atoms with Crippen molar-refractivity contribution in [3.05, 3.63) is 11.6 Å². The zero-order chi connectivity index (χ0) is 9.10. The van der Waals surface area contributed by atoms with Crippen LogP contribution in [0, 0.1) is 5.92 Å². The molecule has 2 atom stereocenters. The molecule has 0 amide bonds. The summed E-state index contributed by atoms with van der Waals surface area (Å²) in [4.78, 5) is 0. The zero-order valence-corrected chi connectivity index (χ0v) is 8.34. The van der Waals surface area contributed by atoms with E-state index in [0.29, 0.717) is 5.92 Å². The average Bonchev–Trinajstić information content (AvgIpc) is 2.20. The fourth-order valence-corrected chi connectivity index (χ4v) is 2.74. The summed E-state index contributed by atoms with van der Waals surface area (Å²) >= 11 is 0. The van der Waals surface area contributed by atoms with Gasteiger partial charge in [-0.3, -0.25) is 0 Å². The molecule has 2 aliphatic rings. The van der Waals surface area contributed by atoms with Crippen LogP contribution in [0.25, 0.3) is 0 Å². The smallest absolute Gasteiger partial charge is 0.0605 e. The maximum Gasteiger partial charge on any atom is 0.0605 e. The summed E-state index contributed by atoms with van der Waals surface area (Å²) in [6.07, 6.45) is 12.4. The van der Waals surface area contributed by atoms with Crippen LogP contribution >= 0.6 is 0 Å². The normalized spacial score (nSPS) is 35.6. The molecule has 74 valence electrons. The quantitative estimate of drug-likeness (QED) is 0.615. The molecule has 0 aromatic rings. The van der Waals surface area contributed by atoms with Gasteiger partial charge in [-0.2, -0.15) is 0 Å².